The molecule has 0 aromatic carbocycles. The van der Waals surface area contributed by atoms with E-state index < -0.39 is 11.9 Å². The van der Waals surface area contributed by atoms with E-state index in [1.54, 1.807) is 0 Å². The lowest BCUT2D eigenvalue weighted by Crippen LogP contribution is -2.19. The van der Waals surface area contributed by atoms with Gasteiger partial charge in [-0.15, -0.1) is 0 Å². The lowest BCUT2D eigenvalue weighted by molar-refractivity contribution is -0.143. The van der Waals surface area contributed by atoms with E-state index in [0.717, 1.165) is 0 Å². The average Bonchev–Trinajstić information content (AvgIpc) is 1.87. The highest BCUT2D eigenvalue weighted by molar-refractivity contribution is 5.94. The molecule has 1 N–H and O–H groups in total. The summed E-state index contributed by atoms with van der Waals surface area (Å²) in [6, 6.07) is 0. The van der Waals surface area contributed by atoms with Gasteiger partial charge in [0.15, 0.2) is 0 Å². The highest BCUT2D eigenvalue weighted by Crippen LogP contribution is 1.81. The maximum absolute atomic E-state index is 10.3. The molecule has 0 saturated carbocycles. The van der Waals surface area contributed by atoms with E-state index in [4.69, 9.17) is 0 Å². The Bertz CT molecular complexity index is 107. The summed E-state index contributed by atoms with van der Waals surface area (Å²) in [6.45, 7) is 0. The minimum Gasteiger partial charge on any atom is -0.469 e. The quantitative estimate of drug-likeness (QED) is 0.403. The van der Waals surface area contributed by atoms with Crippen molar-refractivity contribution in [1.82, 2.24) is 5.32 Å². The summed E-state index contributed by atoms with van der Waals surface area (Å²) in [5.41, 5.74) is 0. The fraction of sp³-hybridized carbons (Fsp3) is 0.400. The van der Waals surface area contributed by atoms with Crippen molar-refractivity contribution in [2.45, 2.75) is 6.42 Å². The monoisotopic (exact) mass is 130 g/mol. The summed E-state index contributed by atoms with van der Waals surface area (Å²) in [7, 11) is 4.29. The molecule has 0 saturated heterocycles. The molecule has 0 spiro atoms. The SMILES string of the molecule is [CH2]NC(=O)CC(=O)OC. The van der Waals surface area contributed by atoms with Gasteiger partial charge in [0.1, 0.15) is 6.42 Å². The van der Waals surface area contributed by atoms with Gasteiger partial charge in [0.2, 0.25) is 5.91 Å². The summed E-state index contributed by atoms with van der Waals surface area (Å²) in [5.74, 6) is -1.00. The van der Waals surface area contributed by atoms with Gasteiger partial charge in [-0.3, -0.25) is 9.59 Å². The van der Waals surface area contributed by atoms with Crippen LogP contribution in [0.4, 0.5) is 0 Å². The Hall–Kier alpha value is -1.06. The fourth-order valence-corrected chi connectivity index (χ4v) is 0.266. The van der Waals surface area contributed by atoms with Gasteiger partial charge >= 0.3 is 5.97 Å². The number of carbonyl (C=O) groups is 2. The first-order valence-corrected chi connectivity index (χ1v) is 2.33. The van der Waals surface area contributed by atoms with E-state index >= 15 is 0 Å². The standard InChI is InChI=1S/C5H8NO3/c1-6-4(7)3-5(8)9-2/h1,3H2,2H3,(H,6,7). The number of hydrogen-bond acceptors (Lipinski definition) is 3. The number of esters is 1. The molecule has 0 aliphatic rings. The molecule has 0 aliphatic heterocycles. The molecule has 51 valence electrons. The van der Waals surface area contributed by atoms with Crippen molar-refractivity contribution in [3.63, 3.8) is 0 Å². The summed E-state index contributed by atoms with van der Waals surface area (Å²) in [6.07, 6.45) is -0.264. The summed E-state index contributed by atoms with van der Waals surface area (Å²) in [5, 5.41) is 2.04. The Balaban J connectivity index is 3.47. The molecule has 0 aromatic rings. The number of methoxy groups -OCH3 is 1. The highest BCUT2D eigenvalue weighted by Gasteiger charge is 2.05. The normalized spacial score (nSPS) is 8.22. The summed E-state index contributed by atoms with van der Waals surface area (Å²) >= 11 is 0. The van der Waals surface area contributed by atoms with E-state index in [1.165, 1.54) is 7.11 Å². The summed E-state index contributed by atoms with van der Waals surface area (Å²) in [4.78, 5) is 20.6. The summed E-state index contributed by atoms with van der Waals surface area (Å²) < 4.78 is 4.20. The molecule has 0 fully saturated rings. The van der Waals surface area contributed by atoms with Crippen LogP contribution in [0.25, 0.3) is 0 Å². The van der Waals surface area contributed by atoms with Crippen LogP contribution >= 0.6 is 0 Å². The molecule has 0 rings (SSSR count). The number of hydrogen-bond donors (Lipinski definition) is 1. The maximum atomic E-state index is 10.3. The van der Waals surface area contributed by atoms with Crippen molar-refractivity contribution in [1.29, 1.82) is 0 Å². The molecule has 4 nitrogen and oxygen atoms in total. The molecule has 0 atom stereocenters. The third-order valence-electron chi connectivity index (χ3n) is 0.730. The minimum atomic E-state index is -0.559. The topological polar surface area (TPSA) is 55.4 Å². The zero-order chi connectivity index (χ0) is 7.28. The van der Waals surface area contributed by atoms with Crippen LogP contribution in [0.2, 0.25) is 0 Å². The molecule has 9 heavy (non-hydrogen) atoms. The number of ether oxygens (including phenoxy) is 1. The lowest BCUT2D eigenvalue weighted by atomic mass is 10.4. The van der Waals surface area contributed by atoms with Gasteiger partial charge in [-0.25, -0.2) is 0 Å². The molecular formula is C5H8NO3. The average molecular weight is 130 g/mol. The number of amides is 1. The minimum absolute atomic E-state index is 0.264. The number of carbonyl (C=O) groups excluding carboxylic acids is 2. The Labute approximate surface area is 53.2 Å². The van der Waals surface area contributed by atoms with Crippen LogP contribution in [0, 0.1) is 7.05 Å². The Morgan fingerprint density at radius 2 is 2.22 bits per heavy atom. The predicted octanol–water partition coefficient (Wildman–Crippen LogP) is -0.543. The van der Waals surface area contributed by atoms with Crippen molar-refractivity contribution in [2.75, 3.05) is 7.11 Å². The van der Waals surface area contributed by atoms with Gasteiger partial charge in [-0.05, 0) is 0 Å². The van der Waals surface area contributed by atoms with Gasteiger partial charge in [0.05, 0.1) is 7.11 Å². The zero-order valence-electron chi connectivity index (χ0n) is 5.14. The van der Waals surface area contributed by atoms with Crippen LogP contribution in [0.15, 0.2) is 0 Å². The molecule has 0 bridgehead atoms. The smallest absolute Gasteiger partial charge is 0.315 e. The van der Waals surface area contributed by atoms with Gasteiger partial charge in [-0.2, -0.15) is 0 Å². The zero-order valence-corrected chi connectivity index (χ0v) is 5.14. The molecule has 1 amide bonds. The van der Waals surface area contributed by atoms with Crippen molar-refractivity contribution in [2.24, 2.45) is 0 Å². The number of rotatable bonds is 2. The van der Waals surface area contributed by atoms with E-state index in [2.05, 4.69) is 11.8 Å². The van der Waals surface area contributed by atoms with E-state index in [9.17, 15) is 9.59 Å². The van der Waals surface area contributed by atoms with Crippen molar-refractivity contribution in [3.05, 3.63) is 7.05 Å². The lowest BCUT2D eigenvalue weighted by Gasteiger charge is -1.95. The highest BCUT2D eigenvalue weighted by atomic mass is 16.5. The van der Waals surface area contributed by atoms with Crippen molar-refractivity contribution < 1.29 is 14.3 Å². The van der Waals surface area contributed by atoms with Gasteiger partial charge in [0, 0.05) is 7.05 Å². The maximum Gasteiger partial charge on any atom is 0.315 e. The van der Waals surface area contributed by atoms with Gasteiger partial charge in [-0.1, -0.05) is 0 Å². The second-order valence-electron chi connectivity index (χ2n) is 1.35. The first-order valence-electron chi connectivity index (χ1n) is 2.33. The fourth-order valence-electron chi connectivity index (χ4n) is 0.266. The van der Waals surface area contributed by atoms with E-state index in [-0.39, 0.29) is 6.42 Å². The first-order chi connectivity index (χ1) is 4.20. The second-order valence-corrected chi connectivity index (χ2v) is 1.35. The molecule has 0 aromatic heterocycles. The molecule has 4 heteroatoms. The molecule has 0 aliphatic carbocycles. The van der Waals surface area contributed by atoms with Crippen molar-refractivity contribution >= 4 is 11.9 Å². The second kappa shape index (κ2) is 3.88. The van der Waals surface area contributed by atoms with E-state index in [0.29, 0.717) is 0 Å². The largest absolute Gasteiger partial charge is 0.469 e. The van der Waals surface area contributed by atoms with Crippen LogP contribution in [0.3, 0.4) is 0 Å². The van der Waals surface area contributed by atoms with Crippen LogP contribution in [-0.4, -0.2) is 19.0 Å². The first kappa shape index (κ1) is 7.94. The third kappa shape index (κ3) is 3.52. The van der Waals surface area contributed by atoms with Crippen LogP contribution < -0.4 is 5.32 Å². The molecule has 1 radical (unpaired) electrons. The van der Waals surface area contributed by atoms with Crippen LogP contribution in [-0.2, 0) is 14.3 Å². The Morgan fingerprint density at radius 1 is 1.67 bits per heavy atom. The van der Waals surface area contributed by atoms with Crippen LogP contribution in [0.1, 0.15) is 6.42 Å². The molecular weight excluding hydrogens is 122 g/mol. The third-order valence-corrected chi connectivity index (χ3v) is 0.730. The van der Waals surface area contributed by atoms with Gasteiger partial charge < -0.3 is 10.1 Å². The van der Waals surface area contributed by atoms with Crippen LogP contribution in [0.5, 0.6) is 0 Å². The molecule has 0 unspecified atom stereocenters. The number of nitrogens with one attached hydrogen (secondary N) is 1. The van der Waals surface area contributed by atoms with Crippen molar-refractivity contribution in [3.8, 4) is 0 Å². The Morgan fingerprint density at radius 3 is 2.56 bits per heavy atom. The Kier molecular flexibility index (Phi) is 3.43. The van der Waals surface area contributed by atoms with Gasteiger partial charge in [0.25, 0.3) is 0 Å². The van der Waals surface area contributed by atoms with E-state index in [1.807, 2.05) is 5.32 Å². The molecule has 0 heterocycles. The predicted molar refractivity (Wildman–Crippen MR) is 30.1 cm³/mol.